The molecule has 13 heteroatoms. The Hall–Kier alpha value is -7.58. The summed E-state index contributed by atoms with van der Waals surface area (Å²) in [6.07, 6.45) is 8.96. The zero-order valence-electron chi connectivity index (χ0n) is 43.1. The number of alkyl halides is 2. The summed E-state index contributed by atoms with van der Waals surface area (Å²) in [5, 5.41) is 38.2. The van der Waals surface area contributed by atoms with E-state index in [0.717, 1.165) is 84.3 Å². The average molecular weight is 1140 g/mol. The van der Waals surface area contributed by atoms with Gasteiger partial charge in [0, 0.05) is 46.0 Å². The van der Waals surface area contributed by atoms with Gasteiger partial charge in [-0.2, -0.15) is 10.4 Å². The second kappa shape index (κ2) is 21.8. The first-order valence-corrected chi connectivity index (χ1v) is 28.3. The van der Waals surface area contributed by atoms with E-state index in [0.29, 0.717) is 0 Å². The molecule has 8 aromatic carbocycles. The second-order valence-electron chi connectivity index (χ2n) is 20.1. The van der Waals surface area contributed by atoms with Crippen LogP contribution in [0.25, 0.3) is 65.9 Å². The first kappa shape index (κ1) is 50.2. The number of hydrogen-bond donors (Lipinski definition) is 2. The van der Waals surface area contributed by atoms with Crippen molar-refractivity contribution in [2.24, 2.45) is 0 Å². The Bertz CT molecular complexity index is 3730. The van der Waals surface area contributed by atoms with Gasteiger partial charge >= 0.3 is 0 Å². The van der Waals surface area contributed by atoms with Crippen molar-refractivity contribution in [3.8, 4) is 22.5 Å². The summed E-state index contributed by atoms with van der Waals surface area (Å²) in [5.74, 6) is 0.517. The molecule has 2 atom stereocenters. The Balaban J connectivity index is 0.927. The van der Waals surface area contributed by atoms with E-state index < -0.39 is 9.02 Å². The Morgan fingerprint density at radius 2 is 0.857 bits per heavy atom. The molecule has 4 aromatic heterocycles. The van der Waals surface area contributed by atoms with E-state index in [-0.39, 0.29) is 11.6 Å². The predicted molar refractivity (Wildman–Crippen MR) is 316 cm³/mol. The molecule has 0 bridgehead atoms. The number of tetrazole rings is 2. The minimum Gasteiger partial charge on any atom is -0.336 e. The molecule has 0 aliphatic carbocycles. The van der Waals surface area contributed by atoms with Crippen molar-refractivity contribution in [1.29, 1.82) is 0 Å². The second-order valence-corrected chi connectivity index (χ2v) is 22.3. The number of aryl methyl sites for hydroxylation is 2. The number of unbranched alkanes of at least 4 members (excludes halogenated alkanes) is 4. The highest BCUT2D eigenvalue weighted by atomic mass is 79.9. The fraction of sp³-hybridized carbons (Fsp3) is 0.219. The number of fused-ring (bicyclic) bond motifs is 4. The van der Waals surface area contributed by atoms with Crippen LogP contribution in [0.15, 0.2) is 182 Å². The van der Waals surface area contributed by atoms with Crippen molar-refractivity contribution in [3.63, 3.8) is 0 Å². The van der Waals surface area contributed by atoms with E-state index in [2.05, 4.69) is 278 Å². The third-order valence-corrected chi connectivity index (χ3v) is 17.0. The quantitative estimate of drug-likeness (QED) is 0.0574. The van der Waals surface area contributed by atoms with Crippen molar-refractivity contribution in [3.05, 3.63) is 227 Å². The van der Waals surface area contributed by atoms with Crippen molar-refractivity contribution in [2.45, 2.75) is 87.3 Å². The molecule has 0 fully saturated rings. The van der Waals surface area contributed by atoms with Crippen LogP contribution in [0.1, 0.15) is 97.4 Å². The minimum atomic E-state index is -1.48. The van der Waals surface area contributed by atoms with Gasteiger partial charge in [-0.3, -0.25) is 0 Å². The van der Waals surface area contributed by atoms with E-state index in [1.165, 1.54) is 79.4 Å². The van der Waals surface area contributed by atoms with Crippen LogP contribution in [-0.2, 0) is 39.7 Å². The van der Waals surface area contributed by atoms with Gasteiger partial charge in [0.2, 0.25) is 20.7 Å². The molecule has 0 spiro atoms. The van der Waals surface area contributed by atoms with E-state index in [1.807, 2.05) is 0 Å². The topological polar surface area (TPSA) is 128 Å². The molecule has 2 N–H and O–H groups in total. The van der Waals surface area contributed by atoms with Crippen molar-refractivity contribution in [1.82, 2.24) is 50.4 Å². The molecule has 0 saturated heterocycles. The molecular weight excluding hydrogens is 1080 g/mol. The maximum absolute atomic E-state index is 7.36. The fourth-order valence-electron chi connectivity index (χ4n) is 11.3. The summed E-state index contributed by atoms with van der Waals surface area (Å²) in [7, 11) is 0. The van der Waals surface area contributed by atoms with Crippen LogP contribution >= 0.6 is 31.9 Å². The number of rotatable bonds is 20. The van der Waals surface area contributed by atoms with Gasteiger partial charge in [0.15, 0.2) is 0 Å². The van der Waals surface area contributed by atoms with Crippen molar-refractivity contribution < 1.29 is 4.74 Å². The molecule has 0 amide bonds. The Labute approximate surface area is 464 Å². The largest absolute Gasteiger partial charge is 0.336 e. The highest BCUT2D eigenvalue weighted by molar-refractivity contribution is 9.10. The van der Waals surface area contributed by atoms with Crippen LogP contribution < -0.4 is 0 Å². The highest BCUT2D eigenvalue weighted by Crippen LogP contribution is 2.50. The summed E-state index contributed by atoms with van der Waals surface area (Å²) in [6, 6.07) is 65.4. The molecule has 0 saturated carbocycles. The molecule has 4 heterocycles. The third-order valence-electron chi connectivity index (χ3n) is 15.1. The van der Waals surface area contributed by atoms with Gasteiger partial charge in [-0.05, 0) is 149 Å². The van der Waals surface area contributed by atoms with E-state index >= 15 is 0 Å². The third kappa shape index (κ3) is 9.70. The molecule has 12 aromatic rings. The Morgan fingerprint density at radius 3 is 1.27 bits per heavy atom. The SMILES string of the molecule is CCCCCc1c(-c2ccc3cc(C(Br)(OC(Br)(c4ccc5cc(-c6c(CCCCC)c7ccccc7n6Cc6ccccc6)ccc5c4)c4nn[nH]n4)c4nn[nH]n4)ccc3c2)n(Cc2ccccc2)c2ccccc12. The number of halogens is 2. The number of hydrogen-bond acceptors (Lipinski definition) is 7. The summed E-state index contributed by atoms with van der Waals surface area (Å²) < 4.78 is 9.41. The molecule has 0 radical (unpaired) electrons. The smallest absolute Gasteiger partial charge is 0.222 e. The van der Waals surface area contributed by atoms with Crippen LogP contribution in [0, 0.1) is 0 Å². The predicted octanol–water partition coefficient (Wildman–Crippen LogP) is 15.7. The first-order valence-electron chi connectivity index (χ1n) is 26.8. The molecule has 11 nitrogen and oxygen atoms in total. The normalized spacial score (nSPS) is 13.5. The van der Waals surface area contributed by atoms with Crippen LogP contribution in [0.4, 0.5) is 0 Å². The monoisotopic (exact) mass is 1140 g/mol. The first-order chi connectivity index (χ1) is 37.8. The summed E-state index contributed by atoms with van der Waals surface area (Å²) in [6.45, 7) is 6.07. The van der Waals surface area contributed by atoms with Gasteiger partial charge in [0.1, 0.15) is 0 Å². The van der Waals surface area contributed by atoms with Crippen LogP contribution in [0.2, 0.25) is 0 Å². The number of benzene rings is 8. The molecular formula is C64H58Br2N10O. The van der Waals surface area contributed by atoms with Crippen LogP contribution in [0.5, 0.6) is 0 Å². The van der Waals surface area contributed by atoms with Gasteiger partial charge < -0.3 is 13.9 Å². The minimum absolute atomic E-state index is 0.258. The lowest BCUT2D eigenvalue weighted by atomic mass is 9.96. The van der Waals surface area contributed by atoms with E-state index in [4.69, 9.17) is 4.74 Å². The van der Waals surface area contributed by atoms with Gasteiger partial charge in [-0.15, -0.1) is 20.4 Å². The van der Waals surface area contributed by atoms with Gasteiger partial charge in [0.25, 0.3) is 0 Å². The maximum Gasteiger partial charge on any atom is 0.222 e. The number of nitrogens with one attached hydrogen (secondary N) is 2. The molecule has 77 heavy (non-hydrogen) atoms. The number of H-pyrrole nitrogens is 2. The zero-order chi connectivity index (χ0) is 52.3. The molecule has 12 rings (SSSR count). The molecule has 0 aliphatic heterocycles. The average Bonchev–Trinajstić information content (AvgIpc) is 4.38. The van der Waals surface area contributed by atoms with Crippen molar-refractivity contribution in [2.75, 3.05) is 0 Å². The highest BCUT2D eigenvalue weighted by Gasteiger charge is 2.49. The van der Waals surface area contributed by atoms with E-state index in [1.54, 1.807) is 0 Å². The lowest BCUT2D eigenvalue weighted by Crippen LogP contribution is -2.37. The van der Waals surface area contributed by atoms with Gasteiger partial charge in [-0.25, -0.2) is 0 Å². The number of aromatic amines is 2. The standard InChI is InChI=1S/C64H58Br2N10O/c1-3-5-9-25-55-53-23-15-17-27-57(53)75(41-43-19-11-7-12-20-43)59(55)49-31-29-47-39-51(35-33-45(47)37-49)63(65,61-67-71-72-68-61)77-64(66,62-69-73-74-70-62)52-36-34-46-38-50(32-30-48(46)40-52)60-56(26-10-6-4-2)54-24-16-18-28-58(54)76(60)42-44-21-13-8-14-22-44/h7-8,11-24,27-40H,3-6,9-10,25-26,41-42H2,1-2H3,(H,67,68,71,72)(H,69,70,73,74). The summed E-state index contributed by atoms with van der Waals surface area (Å²) in [5.41, 5.74) is 14.1. The number of aromatic nitrogens is 10. The summed E-state index contributed by atoms with van der Waals surface area (Å²) >= 11 is 8.13. The number of ether oxygens (including phenoxy) is 1. The number of nitrogens with zero attached hydrogens (tertiary/aromatic N) is 8. The van der Waals surface area contributed by atoms with E-state index in [9.17, 15) is 0 Å². The maximum atomic E-state index is 7.36. The van der Waals surface area contributed by atoms with Crippen molar-refractivity contribution >= 4 is 75.2 Å². The fourth-order valence-corrected chi connectivity index (χ4v) is 12.9. The Morgan fingerprint density at radius 1 is 0.455 bits per heavy atom. The Kier molecular flexibility index (Phi) is 14.2. The zero-order valence-corrected chi connectivity index (χ0v) is 46.3. The molecule has 2 unspecified atom stereocenters. The van der Waals surface area contributed by atoms with Gasteiger partial charge in [-0.1, -0.05) is 196 Å². The van der Waals surface area contributed by atoms with Crippen LogP contribution in [0.3, 0.4) is 0 Å². The van der Waals surface area contributed by atoms with Gasteiger partial charge in [0.05, 0.1) is 11.4 Å². The lowest BCUT2D eigenvalue weighted by Gasteiger charge is -2.35. The molecule has 384 valence electrons. The number of para-hydroxylation sites is 2. The molecule has 0 aliphatic rings. The lowest BCUT2D eigenvalue weighted by molar-refractivity contribution is -0.0179. The van der Waals surface area contributed by atoms with Crippen LogP contribution in [-0.4, -0.2) is 50.4 Å². The summed E-state index contributed by atoms with van der Waals surface area (Å²) in [4.78, 5) is 0.